The first-order valence-corrected chi connectivity index (χ1v) is 10.2. The van der Waals surface area contributed by atoms with Gasteiger partial charge in [0.05, 0.1) is 20.8 Å². The van der Waals surface area contributed by atoms with E-state index in [9.17, 15) is 4.79 Å². The molecule has 1 aromatic carbocycles. The number of carbonyl (C=O) groups excluding carboxylic acids is 1. The smallest absolute Gasteiger partial charge is 0.322 e. The zero-order chi connectivity index (χ0) is 21.9. The number of para-hydroxylation sites is 1. The summed E-state index contributed by atoms with van der Waals surface area (Å²) in [5, 5.41) is 9.18. The van der Waals surface area contributed by atoms with E-state index < -0.39 is 4.75 Å². The Morgan fingerprint density at radius 2 is 1.80 bits per heavy atom. The largest absolute Gasteiger partial charge is 0.494 e. The highest BCUT2D eigenvalue weighted by Crippen LogP contribution is 2.41. The van der Waals surface area contributed by atoms with Crippen LogP contribution in [0.4, 0.5) is 0 Å². The van der Waals surface area contributed by atoms with Crippen molar-refractivity contribution in [3.05, 3.63) is 36.1 Å². The number of benzene rings is 1. The molecule has 8 nitrogen and oxygen atoms in total. The fraction of sp³-hybridized carbons (Fsp3) is 0.381. The molecule has 0 aliphatic heterocycles. The monoisotopic (exact) mass is 431 g/mol. The van der Waals surface area contributed by atoms with Crippen LogP contribution in [0.5, 0.6) is 11.5 Å². The van der Waals surface area contributed by atoms with Gasteiger partial charge < -0.3 is 18.6 Å². The van der Waals surface area contributed by atoms with E-state index in [1.807, 2.05) is 37.3 Å². The third-order valence-electron chi connectivity index (χ3n) is 4.33. The zero-order valence-electron chi connectivity index (χ0n) is 17.9. The summed E-state index contributed by atoms with van der Waals surface area (Å²) in [4.78, 5) is 12.5. The van der Waals surface area contributed by atoms with Gasteiger partial charge in [-0.15, -0.1) is 10.2 Å². The van der Waals surface area contributed by atoms with E-state index in [2.05, 4.69) is 10.2 Å². The molecule has 0 unspecified atom stereocenters. The molecule has 0 spiro atoms. The van der Waals surface area contributed by atoms with Crippen molar-refractivity contribution in [2.75, 3.05) is 20.8 Å². The molecule has 0 amide bonds. The predicted molar refractivity (Wildman–Crippen MR) is 113 cm³/mol. The van der Waals surface area contributed by atoms with Gasteiger partial charge in [-0.2, -0.15) is 0 Å². The lowest BCUT2D eigenvalue weighted by molar-refractivity contribution is -0.145. The second-order valence-corrected chi connectivity index (χ2v) is 8.49. The van der Waals surface area contributed by atoms with Gasteiger partial charge in [0.1, 0.15) is 27.7 Å². The van der Waals surface area contributed by atoms with Crippen molar-refractivity contribution in [1.82, 2.24) is 14.8 Å². The summed E-state index contributed by atoms with van der Waals surface area (Å²) in [5.41, 5.74) is 0.610. The minimum atomic E-state index is -0.896. The average Bonchev–Trinajstić information content (AvgIpc) is 3.32. The highest BCUT2D eigenvalue weighted by Gasteiger charge is 2.35. The molecular weight excluding hydrogens is 406 g/mol. The summed E-state index contributed by atoms with van der Waals surface area (Å²) in [6.07, 6.45) is 0. The Hall–Kier alpha value is -2.94. The van der Waals surface area contributed by atoms with Gasteiger partial charge in [-0.25, -0.2) is 0 Å². The molecule has 9 heteroatoms. The van der Waals surface area contributed by atoms with Gasteiger partial charge in [0, 0.05) is 0 Å². The highest BCUT2D eigenvalue weighted by molar-refractivity contribution is 8.01. The van der Waals surface area contributed by atoms with Crippen LogP contribution >= 0.6 is 11.8 Å². The topological polar surface area (TPSA) is 88.6 Å². The summed E-state index contributed by atoms with van der Waals surface area (Å²) < 4.78 is 23.1. The summed E-state index contributed by atoms with van der Waals surface area (Å²) in [6, 6.07) is 9.14. The normalized spacial score (nSPS) is 11.4. The van der Waals surface area contributed by atoms with Crippen molar-refractivity contribution >= 4 is 17.7 Å². The Morgan fingerprint density at radius 1 is 1.13 bits per heavy atom. The molecule has 2 heterocycles. The lowest BCUT2D eigenvalue weighted by Gasteiger charge is -2.22. The number of aryl methyl sites for hydroxylation is 1. The number of nitrogens with zero attached hydrogens (tertiary/aromatic N) is 3. The van der Waals surface area contributed by atoms with E-state index >= 15 is 0 Å². The van der Waals surface area contributed by atoms with Crippen molar-refractivity contribution in [1.29, 1.82) is 0 Å². The van der Waals surface area contributed by atoms with Crippen molar-refractivity contribution < 1.29 is 23.4 Å². The number of hydrogen-bond acceptors (Lipinski definition) is 8. The van der Waals surface area contributed by atoms with Gasteiger partial charge in [-0.1, -0.05) is 17.8 Å². The molecule has 0 saturated heterocycles. The van der Waals surface area contributed by atoms with E-state index in [-0.39, 0.29) is 5.97 Å². The van der Waals surface area contributed by atoms with Crippen LogP contribution in [-0.4, -0.2) is 46.3 Å². The number of methoxy groups -OCH3 is 2. The van der Waals surface area contributed by atoms with Crippen molar-refractivity contribution in [3.8, 4) is 28.8 Å². The molecule has 30 heavy (non-hydrogen) atoms. The summed E-state index contributed by atoms with van der Waals surface area (Å²) >= 11 is 1.24. The van der Waals surface area contributed by atoms with Gasteiger partial charge in [0.2, 0.25) is 5.82 Å². The summed E-state index contributed by atoms with van der Waals surface area (Å²) in [5.74, 6) is 2.53. The fourth-order valence-electron chi connectivity index (χ4n) is 2.88. The van der Waals surface area contributed by atoms with E-state index in [1.165, 1.54) is 11.8 Å². The number of ether oxygens (including phenoxy) is 3. The van der Waals surface area contributed by atoms with Gasteiger partial charge in [0.15, 0.2) is 10.9 Å². The van der Waals surface area contributed by atoms with Crippen LogP contribution in [0.1, 0.15) is 26.5 Å². The molecule has 160 valence electrons. The first-order valence-electron chi connectivity index (χ1n) is 9.42. The molecule has 0 atom stereocenters. The standard InChI is InChI=1S/C21H25N3O5S/c1-7-28-19(25)21(3,4)30-20-23-22-18(16-12-11-13(2)29-16)24(20)17-14(26-5)9-8-10-15(17)27-6/h8-12H,7H2,1-6H3. The quantitative estimate of drug-likeness (QED) is 0.386. The van der Waals surface area contributed by atoms with Gasteiger partial charge in [-0.05, 0) is 52.0 Å². The number of rotatable bonds is 8. The molecule has 0 N–H and O–H groups in total. The van der Waals surface area contributed by atoms with Gasteiger partial charge in [0.25, 0.3) is 0 Å². The van der Waals surface area contributed by atoms with Crippen molar-refractivity contribution in [2.24, 2.45) is 0 Å². The molecule has 2 aromatic heterocycles. The zero-order valence-corrected chi connectivity index (χ0v) is 18.7. The lowest BCUT2D eigenvalue weighted by Crippen LogP contribution is -2.30. The Labute approximate surface area is 179 Å². The maximum atomic E-state index is 12.5. The fourth-order valence-corrected chi connectivity index (χ4v) is 3.83. The molecule has 0 aliphatic carbocycles. The van der Waals surface area contributed by atoms with E-state index in [4.69, 9.17) is 18.6 Å². The molecular formula is C21H25N3O5S. The van der Waals surface area contributed by atoms with E-state index in [0.717, 1.165) is 5.76 Å². The number of esters is 1. The van der Waals surface area contributed by atoms with Crippen LogP contribution in [-0.2, 0) is 9.53 Å². The third-order valence-corrected chi connectivity index (χ3v) is 5.46. The number of hydrogen-bond donors (Lipinski definition) is 0. The Bertz CT molecular complexity index is 1020. The second kappa shape index (κ2) is 8.83. The maximum Gasteiger partial charge on any atom is 0.322 e. The van der Waals surface area contributed by atoms with E-state index in [0.29, 0.717) is 40.5 Å². The van der Waals surface area contributed by atoms with Gasteiger partial charge >= 0.3 is 5.97 Å². The second-order valence-electron chi connectivity index (χ2n) is 6.90. The van der Waals surface area contributed by atoms with Crippen LogP contribution in [0.2, 0.25) is 0 Å². The first kappa shape index (κ1) is 21.8. The molecule has 0 bridgehead atoms. The number of carbonyl (C=O) groups is 1. The molecule has 3 rings (SSSR count). The molecule has 0 radical (unpaired) electrons. The van der Waals surface area contributed by atoms with Crippen molar-refractivity contribution in [2.45, 2.75) is 37.6 Å². The number of thioether (sulfide) groups is 1. The van der Waals surface area contributed by atoms with Gasteiger partial charge in [-0.3, -0.25) is 9.36 Å². The number of furan rings is 1. The Balaban J connectivity index is 2.22. The highest BCUT2D eigenvalue weighted by atomic mass is 32.2. The van der Waals surface area contributed by atoms with Crippen LogP contribution in [0.3, 0.4) is 0 Å². The molecule has 0 saturated carbocycles. The average molecular weight is 432 g/mol. The third kappa shape index (κ3) is 4.16. The van der Waals surface area contributed by atoms with Crippen molar-refractivity contribution in [3.63, 3.8) is 0 Å². The molecule has 0 fully saturated rings. The first-order chi connectivity index (χ1) is 14.3. The minimum absolute atomic E-state index is 0.298. The molecule has 0 aliphatic rings. The summed E-state index contributed by atoms with van der Waals surface area (Å²) in [7, 11) is 3.16. The SMILES string of the molecule is CCOC(=O)C(C)(C)Sc1nnc(-c2ccc(C)o2)n1-c1c(OC)cccc1OC. The lowest BCUT2D eigenvalue weighted by atomic mass is 10.2. The Morgan fingerprint density at radius 3 is 2.33 bits per heavy atom. The van der Waals surface area contributed by atoms with E-state index in [1.54, 1.807) is 39.6 Å². The van der Waals surface area contributed by atoms with Crippen LogP contribution in [0, 0.1) is 6.92 Å². The summed E-state index contributed by atoms with van der Waals surface area (Å²) in [6.45, 7) is 7.49. The predicted octanol–water partition coefficient (Wildman–Crippen LogP) is 4.29. The Kier molecular flexibility index (Phi) is 6.40. The molecule has 3 aromatic rings. The van der Waals surface area contributed by atoms with Crippen LogP contribution < -0.4 is 9.47 Å². The number of aromatic nitrogens is 3. The minimum Gasteiger partial charge on any atom is -0.494 e. The van der Waals surface area contributed by atoms with Crippen LogP contribution in [0.25, 0.3) is 17.3 Å². The maximum absolute atomic E-state index is 12.5. The van der Waals surface area contributed by atoms with Crippen LogP contribution in [0.15, 0.2) is 39.9 Å².